The van der Waals surface area contributed by atoms with E-state index < -0.39 is 0 Å². The molecule has 0 aliphatic carbocycles. The quantitative estimate of drug-likeness (QED) is 0.447. The van der Waals surface area contributed by atoms with Crippen molar-refractivity contribution in [3.8, 4) is 22.3 Å². The second-order valence-corrected chi connectivity index (χ2v) is 8.70. The minimum absolute atomic E-state index is 0.472. The number of nitrogens with zero attached hydrogens (tertiary/aromatic N) is 4. The second-order valence-electron chi connectivity index (χ2n) is 8.70. The molecule has 5 rings (SSSR count). The molecule has 2 atom stereocenters. The molecule has 2 aromatic heterocycles. The average molecular weight is 436 g/mol. The molecule has 0 bridgehead atoms. The Balaban J connectivity index is 1.48. The Bertz CT molecular complexity index is 1310. The molecule has 1 aliphatic heterocycles. The van der Waals surface area contributed by atoms with Gasteiger partial charge in [-0.25, -0.2) is 9.50 Å². The van der Waals surface area contributed by atoms with Gasteiger partial charge in [0.05, 0.1) is 6.20 Å². The van der Waals surface area contributed by atoms with E-state index in [1.165, 1.54) is 5.69 Å². The average Bonchev–Trinajstić information content (AvgIpc) is 3.27. The molecule has 0 radical (unpaired) electrons. The monoisotopic (exact) mass is 435 g/mol. The lowest BCUT2D eigenvalue weighted by Crippen LogP contribution is -2.55. The zero-order valence-electron chi connectivity index (χ0n) is 19.2. The van der Waals surface area contributed by atoms with Crippen LogP contribution in [-0.2, 0) is 0 Å². The van der Waals surface area contributed by atoms with Gasteiger partial charge in [-0.05, 0) is 48.2 Å². The summed E-state index contributed by atoms with van der Waals surface area (Å²) in [5.41, 5.74) is 8.37. The minimum atomic E-state index is 0.472. The van der Waals surface area contributed by atoms with Crippen molar-refractivity contribution in [2.24, 2.45) is 0 Å². The van der Waals surface area contributed by atoms with Crippen LogP contribution >= 0.6 is 0 Å². The predicted octanol–water partition coefficient (Wildman–Crippen LogP) is 5.54. The maximum absolute atomic E-state index is 4.78. The van der Waals surface area contributed by atoms with Crippen LogP contribution in [0, 0.1) is 0 Å². The highest BCUT2D eigenvalue weighted by atomic mass is 15.2. The van der Waals surface area contributed by atoms with E-state index in [0.717, 1.165) is 52.1 Å². The molecule has 0 spiro atoms. The summed E-state index contributed by atoms with van der Waals surface area (Å²) in [6.07, 6.45) is 9.56. The molecule has 3 heterocycles. The standard InChI is InChI=1S/C28H29N5/c1-5-21-8-7-9-26(25(21)6-2)27-17-31-32-18-23(16-30-28(27)32)22-10-12-24(13-11-22)33-19(3)14-29-15-20(33)4/h5-13,16-20,29H,1-2,14-15H2,3-4H3. The van der Waals surface area contributed by atoms with Crippen molar-refractivity contribution in [1.82, 2.24) is 19.9 Å². The molecule has 0 saturated carbocycles. The van der Waals surface area contributed by atoms with Gasteiger partial charge in [0.15, 0.2) is 5.65 Å². The first-order valence-electron chi connectivity index (χ1n) is 11.4. The van der Waals surface area contributed by atoms with Gasteiger partial charge in [-0.1, -0.05) is 55.6 Å². The number of aromatic nitrogens is 3. The zero-order chi connectivity index (χ0) is 22.9. The Labute approximate surface area is 195 Å². The van der Waals surface area contributed by atoms with Crippen LogP contribution in [0.15, 0.2) is 74.2 Å². The number of nitrogens with one attached hydrogen (secondary N) is 1. The highest BCUT2D eigenvalue weighted by molar-refractivity contribution is 5.86. The summed E-state index contributed by atoms with van der Waals surface area (Å²) in [6.45, 7) is 14.5. The topological polar surface area (TPSA) is 45.5 Å². The number of anilines is 1. The molecule has 1 N–H and O–H groups in total. The second kappa shape index (κ2) is 8.68. The molecule has 1 aliphatic rings. The number of rotatable bonds is 5. The molecule has 33 heavy (non-hydrogen) atoms. The molecule has 1 saturated heterocycles. The lowest BCUT2D eigenvalue weighted by Gasteiger charge is -2.41. The van der Waals surface area contributed by atoms with Crippen molar-refractivity contribution < 1.29 is 0 Å². The Hall–Kier alpha value is -3.70. The number of benzene rings is 2. The first kappa shape index (κ1) is 21.2. The van der Waals surface area contributed by atoms with Crippen molar-refractivity contribution in [3.63, 3.8) is 0 Å². The van der Waals surface area contributed by atoms with Crippen molar-refractivity contribution in [3.05, 3.63) is 85.3 Å². The molecule has 2 aromatic carbocycles. The van der Waals surface area contributed by atoms with E-state index in [0.29, 0.717) is 12.1 Å². The third-order valence-corrected chi connectivity index (χ3v) is 6.54. The van der Waals surface area contributed by atoms with Gasteiger partial charge in [-0.15, -0.1) is 0 Å². The first-order chi connectivity index (χ1) is 16.1. The van der Waals surface area contributed by atoms with Crippen LogP contribution in [0.3, 0.4) is 0 Å². The van der Waals surface area contributed by atoms with Gasteiger partial charge in [-0.3, -0.25) is 0 Å². The lowest BCUT2D eigenvalue weighted by molar-refractivity contribution is 0.432. The van der Waals surface area contributed by atoms with Crippen molar-refractivity contribution in [1.29, 1.82) is 0 Å². The summed E-state index contributed by atoms with van der Waals surface area (Å²) < 4.78 is 1.85. The van der Waals surface area contributed by atoms with E-state index >= 15 is 0 Å². The molecule has 0 amide bonds. The Morgan fingerprint density at radius 1 is 0.909 bits per heavy atom. The van der Waals surface area contributed by atoms with E-state index in [1.807, 2.05) is 47.4 Å². The Morgan fingerprint density at radius 2 is 1.67 bits per heavy atom. The van der Waals surface area contributed by atoms with E-state index in [4.69, 9.17) is 4.98 Å². The largest absolute Gasteiger partial charge is 0.364 e. The lowest BCUT2D eigenvalue weighted by atomic mass is 9.97. The summed E-state index contributed by atoms with van der Waals surface area (Å²) >= 11 is 0. The van der Waals surface area contributed by atoms with Gasteiger partial charge in [0.1, 0.15) is 0 Å². The van der Waals surface area contributed by atoms with Gasteiger partial charge in [0.2, 0.25) is 0 Å². The normalized spacial score (nSPS) is 18.4. The van der Waals surface area contributed by atoms with Crippen LogP contribution in [0.2, 0.25) is 0 Å². The molecule has 4 aromatic rings. The van der Waals surface area contributed by atoms with Crippen LogP contribution in [0.1, 0.15) is 25.0 Å². The molecule has 5 nitrogen and oxygen atoms in total. The van der Waals surface area contributed by atoms with Gasteiger partial charge in [0, 0.05) is 54.4 Å². The maximum Gasteiger partial charge on any atom is 0.162 e. The zero-order valence-corrected chi connectivity index (χ0v) is 19.2. The summed E-state index contributed by atoms with van der Waals surface area (Å²) in [4.78, 5) is 7.28. The van der Waals surface area contributed by atoms with E-state index in [-0.39, 0.29) is 0 Å². The fourth-order valence-electron chi connectivity index (χ4n) is 4.90. The highest BCUT2D eigenvalue weighted by Crippen LogP contribution is 2.32. The Kier molecular flexibility index (Phi) is 5.56. The number of fused-ring (bicyclic) bond motifs is 1. The maximum atomic E-state index is 4.78. The summed E-state index contributed by atoms with van der Waals surface area (Å²) in [6, 6.07) is 15.9. The molecule has 2 unspecified atom stereocenters. The van der Waals surface area contributed by atoms with Gasteiger partial charge in [0.25, 0.3) is 0 Å². The fourth-order valence-corrected chi connectivity index (χ4v) is 4.90. The summed E-state index contributed by atoms with van der Waals surface area (Å²) in [7, 11) is 0. The van der Waals surface area contributed by atoms with Crippen LogP contribution in [0.5, 0.6) is 0 Å². The van der Waals surface area contributed by atoms with Gasteiger partial charge < -0.3 is 10.2 Å². The molecular formula is C28H29N5. The fraction of sp³-hybridized carbons (Fsp3) is 0.214. The van der Waals surface area contributed by atoms with E-state index in [9.17, 15) is 0 Å². The van der Waals surface area contributed by atoms with E-state index in [2.05, 4.69) is 72.7 Å². The first-order valence-corrected chi connectivity index (χ1v) is 11.4. The van der Waals surface area contributed by atoms with Gasteiger partial charge >= 0.3 is 0 Å². The van der Waals surface area contributed by atoms with Crippen LogP contribution < -0.4 is 10.2 Å². The SMILES string of the molecule is C=Cc1cccc(-c2cnn3cc(-c4ccc(N5C(C)CNCC5C)cc4)cnc23)c1C=C. The molecular weight excluding hydrogens is 406 g/mol. The minimum Gasteiger partial charge on any atom is -0.364 e. The number of piperazine rings is 1. The van der Waals surface area contributed by atoms with Gasteiger partial charge in [-0.2, -0.15) is 5.10 Å². The molecule has 1 fully saturated rings. The van der Waals surface area contributed by atoms with Crippen molar-refractivity contribution in [2.45, 2.75) is 25.9 Å². The molecule has 5 heteroatoms. The van der Waals surface area contributed by atoms with Crippen molar-refractivity contribution in [2.75, 3.05) is 18.0 Å². The van der Waals surface area contributed by atoms with Crippen LogP contribution in [0.4, 0.5) is 5.69 Å². The van der Waals surface area contributed by atoms with E-state index in [1.54, 1.807) is 0 Å². The molecule has 166 valence electrons. The third kappa shape index (κ3) is 3.74. The van der Waals surface area contributed by atoms with Crippen LogP contribution in [-0.4, -0.2) is 39.8 Å². The smallest absolute Gasteiger partial charge is 0.162 e. The predicted molar refractivity (Wildman–Crippen MR) is 138 cm³/mol. The Morgan fingerprint density at radius 3 is 2.36 bits per heavy atom. The van der Waals surface area contributed by atoms with Crippen LogP contribution in [0.25, 0.3) is 40.1 Å². The third-order valence-electron chi connectivity index (χ3n) is 6.54. The highest BCUT2D eigenvalue weighted by Gasteiger charge is 2.24. The number of hydrogen-bond acceptors (Lipinski definition) is 4. The van der Waals surface area contributed by atoms with Crippen molar-refractivity contribution >= 4 is 23.5 Å². The summed E-state index contributed by atoms with van der Waals surface area (Å²) in [5, 5.41) is 8.10. The number of hydrogen-bond donors (Lipinski definition) is 1. The summed E-state index contributed by atoms with van der Waals surface area (Å²) in [5.74, 6) is 0.